The van der Waals surface area contributed by atoms with Crippen LogP contribution in [0.1, 0.15) is 31.9 Å². The summed E-state index contributed by atoms with van der Waals surface area (Å²) >= 11 is 0. The van der Waals surface area contributed by atoms with Crippen molar-refractivity contribution in [3.8, 4) is 0 Å². The molecular formula is C17H21N. The fourth-order valence-corrected chi connectivity index (χ4v) is 2.04. The van der Waals surface area contributed by atoms with E-state index in [2.05, 4.69) is 81.5 Å². The van der Waals surface area contributed by atoms with Crippen LogP contribution in [0.15, 0.2) is 48.5 Å². The van der Waals surface area contributed by atoms with Gasteiger partial charge in [-0.3, -0.25) is 0 Å². The number of benzene rings is 2. The molecule has 0 bridgehead atoms. The molecule has 1 nitrogen and oxygen atoms in total. The van der Waals surface area contributed by atoms with E-state index in [9.17, 15) is 0 Å². The van der Waals surface area contributed by atoms with Crippen molar-refractivity contribution in [3.05, 3.63) is 59.7 Å². The van der Waals surface area contributed by atoms with Gasteiger partial charge < -0.3 is 5.32 Å². The van der Waals surface area contributed by atoms with Crippen molar-refractivity contribution in [2.75, 3.05) is 5.32 Å². The molecule has 0 fully saturated rings. The Morgan fingerprint density at radius 3 is 2.06 bits per heavy atom. The lowest BCUT2D eigenvalue weighted by atomic mass is 9.86. The van der Waals surface area contributed by atoms with E-state index >= 15 is 0 Å². The van der Waals surface area contributed by atoms with Crippen LogP contribution in [0.5, 0.6) is 0 Å². The maximum atomic E-state index is 3.51. The Balaban J connectivity index is 2.32. The van der Waals surface area contributed by atoms with Crippen LogP contribution >= 0.6 is 0 Å². The predicted octanol–water partition coefficient (Wildman–Crippen LogP) is 5.04. The van der Waals surface area contributed by atoms with Crippen molar-refractivity contribution in [1.82, 2.24) is 0 Å². The Morgan fingerprint density at radius 2 is 1.44 bits per heavy atom. The molecule has 0 aliphatic rings. The summed E-state index contributed by atoms with van der Waals surface area (Å²) in [4.78, 5) is 0. The summed E-state index contributed by atoms with van der Waals surface area (Å²) in [7, 11) is 0. The number of hydrogen-bond donors (Lipinski definition) is 1. The van der Waals surface area contributed by atoms with Gasteiger partial charge in [-0.05, 0) is 36.1 Å². The van der Waals surface area contributed by atoms with Crippen LogP contribution in [-0.2, 0) is 5.41 Å². The molecule has 2 aromatic carbocycles. The Bertz CT molecular complexity index is 518. The average Bonchev–Trinajstić information content (AvgIpc) is 2.31. The topological polar surface area (TPSA) is 12.0 Å². The van der Waals surface area contributed by atoms with Gasteiger partial charge >= 0.3 is 0 Å². The molecule has 1 heteroatoms. The summed E-state index contributed by atoms with van der Waals surface area (Å²) in [6.07, 6.45) is 0. The van der Waals surface area contributed by atoms with E-state index in [-0.39, 0.29) is 5.41 Å². The van der Waals surface area contributed by atoms with Crippen LogP contribution in [0, 0.1) is 6.92 Å². The van der Waals surface area contributed by atoms with Gasteiger partial charge in [0.25, 0.3) is 0 Å². The fourth-order valence-electron chi connectivity index (χ4n) is 2.04. The molecule has 0 saturated heterocycles. The highest BCUT2D eigenvalue weighted by Gasteiger charge is 2.17. The molecule has 0 radical (unpaired) electrons. The molecule has 0 spiro atoms. The highest BCUT2D eigenvalue weighted by molar-refractivity contribution is 5.64. The van der Waals surface area contributed by atoms with Gasteiger partial charge in [0.05, 0.1) is 0 Å². The van der Waals surface area contributed by atoms with E-state index < -0.39 is 0 Å². The number of anilines is 2. The molecule has 0 heterocycles. The Morgan fingerprint density at radius 1 is 0.833 bits per heavy atom. The van der Waals surface area contributed by atoms with Gasteiger partial charge in [-0.25, -0.2) is 0 Å². The average molecular weight is 239 g/mol. The van der Waals surface area contributed by atoms with E-state index in [4.69, 9.17) is 0 Å². The molecule has 0 atom stereocenters. The van der Waals surface area contributed by atoms with E-state index in [0.29, 0.717) is 0 Å². The monoisotopic (exact) mass is 239 g/mol. The van der Waals surface area contributed by atoms with Gasteiger partial charge in [-0.15, -0.1) is 0 Å². The second kappa shape index (κ2) is 4.85. The van der Waals surface area contributed by atoms with E-state index in [1.807, 2.05) is 0 Å². The van der Waals surface area contributed by atoms with Crippen molar-refractivity contribution in [1.29, 1.82) is 0 Å². The smallest absolute Gasteiger partial charge is 0.0422 e. The summed E-state index contributed by atoms with van der Waals surface area (Å²) < 4.78 is 0. The molecule has 0 amide bonds. The first-order valence-electron chi connectivity index (χ1n) is 6.40. The third-order valence-electron chi connectivity index (χ3n) is 3.07. The maximum Gasteiger partial charge on any atom is 0.0422 e. The van der Waals surface area contributed by atoms with Crippen LogP contribution in [0.25, 0.3) is 0 Å². The first-order chi connectivity index (χ1) is 8.47. The predicted molar refractivity (Wildman–Crippen MR) is 79.6 cm³/mol. The van der Waals surface area contributed by atoms with Crippen molar-refractivity contribution >= 4 is 11.4 Å². The lowest BCUT2D eigenvalue weighted by molar-refractivity contribution is 0.592. The molecule has 0 aliphatic carbocycles. The summed E-state index contributed by atoms with van der Waals surface area (Å²) in [6.45, 7) is 8.82. The SMILES string of the molecule is Cc1ccc(Nc2ccccc2C(C)(C)C)cc1. The van der Waals surface area contributed by atoms with Crippen molar-refractivity contribution < 1.29 is 0 Å². The lowest BCUT2D eigenvalue weighted by Crippen LogP contribution is -2.13. The van der Waals surface area contributed by atoms with Crippen molar-refractivity contribution in [2.45, 2.75) is 33.1 Å². The second-order valence-corrected chi connectivity index (χ2v) is 5.79. The highest BCUT2D eigenvalue weighted by Crippen LogP contribution is 2.31. The van der Waals surface area contributed by atoms with Crippen molar-refractivity contribution in [2.24, 2.45) is 0 Å². The molecule has 0 aromatic heterocycles. The largest absolute Gasteiger partial charge is 0.355 e. The summed E-state index contributed by atoms with van der Waals surface area (Å²) in [5.41, 5.74) is 5.09. The highest BCUT2D eigenvalue weighted by atomic mass is 14.9. The van der Waals surface area contributed by atoms with Gasteiger partial charge in [0.1, 0.15) is 0 Å². The lowest BCUT2D eigenvalue weighted by Gasteiger charge is -2.23. The summed E-state index contributed by atoms with van der Waals surface area (Å²) in [5, 5.41) is 3.51. The Labute approximate surface area is 110 Å². The molecule has 18 heavy (non-hydrogen) atoms. The minimum atomic E-state index is 0.147. The zero-order chi connectivity index (χ0) is 13.2. The van der Waals surface area contributed by atoms with Crippen LogP contribution in [0.2, 0.25) is 0 Å². The first-order valence-corrected chi connectivity index (χ1v) is 6.40. The number of aryl methyl sites for hydroxylation is 1. The normalized spacial score (nSPS) is 11.3. The molecular weight excluding hydrogens is 218 g/mol. The van der Waals surface area contributed by atoms with Gasteiger partial charge in [0, 0.05) is 11.4 Å². The molecule has 2 rings (SSSR count). The quantitative estimate of drug-likeness (QED) is 0.774. The number of para-hydroxylation sites is 1. The first kappa shape index (κ1) is 12.7. The van der Waals surface area contributed by atoms with Crippen LogP contribution in [0.3, 0.4) is 0 Å². The Hall–Kier alpha value is -1.76. The fraction of sp³-hybridized carbons (Fsp3) is 0.294. The molecule has 2 aromatic rings. The zero-order valence-electron chi connectivity index (χ0n) is 11.6. The van der Waals surface area contributed by atoms with Gasteiger partial charge in [0.15, 0.2) is 0 Å². The number of rotatable bonds is 2. The van der Waals surface area contributed by atoms with Crippen LogP contribution in [-0.4, -0.2) is 0 Å². The molecule has 94 valence electrons. The second-order valence-electron chi connectivity index (χ2n) is 5.79. The van der Waals surface area contributed by atoms with E-state index in [1.165, 1.54) is 16.8 Å². The number of hydrogen-bond acceptors (Lipinski definition) is 1. The van der Waals surface area contributed by atoms with Crippen molar-refractivity contribution in [3.63, 3.8) is 0 Å². The Kier molecular flexibility index (Phi) is 3.42. The molecule has 0 aliphatic heterocycles. The molecule has 0 saturated carbocycles. The zero-order valence-corrected chi connectivity index (χ0v) is 11.6. The molecule has 1 N–H and O–H groups in total. The van der Waals surface area contributed by atoms with Gasteiger partial charge in [0.2, 0.25) is 0 Å². The summed E-state index contributed by atoms with van der Waals surface area (Å²) in [5.74, 6) is 0. The standard InChI is InChI=1S/C17H21N/c1-13-9-11-14(12-10-13)18-16-8-6-5-7-15(16)17(2,3)4/h5-12,18H,1-4H3. The third-order valence-corrected chi connectivity index (χ3v) is 3.07. The van der Waals surface area contributed by atoms with Crippen LogP contribution < -0.4 is 5.32 Å². The molecule has 0 unspecified atom stereocenters. The minimum Gasteiger partial charge on any atom is -0.355 e. The van der Waals surface area contributed by atoms with E-state index in [1.54, 1.807) is 0 Å². The maximum absolute atomic E-state index is 3.51. The number of nitrogens with one attached hydrogen (secondary N) is 1. The van der Waals surface area contributed by atoms with E-state index in [0.717, 1.165) is 5.69 Å². The minimum absolute atomic E-state index is 0.147. The van der Waals surface area contributed by atoms with Gasteiger partial charge in [-0.1, -0.05) is 56.7 Å². The third kappa shape index (κ3) is 2.92. The van der Waals surface area contributed by atoms with Gasteiger partial charge in [-0.2, -0.15) is 0 Å². The summed E-state index contributed by atoms with van der Waals surface area (Å²) in [6, 6.07) is 17.0. The van der Waals surface area contributed by atoms with Crippen LogP contribution in [0.4, 0.5) is 11.4 Å².